The topological polar surface area (TPSA) is 20.2 Å². The zero-order valence-electron chi connectivity index (χ0n) is 9.46. The van der Waals surface area contributed by atoms with Crippen LogP contribution in [-0.4, -0.2) is 5.11 Å². The summed E-state index contributed by atoms with van der Waals surface area (Å²) in [4.78, 5) is 0. The van der Waals surface area contributed by atoms with E-state index in [1.807, 2.05) is 6.92 Å². The molecule has 2 unspecified atom stereocenters. The lowest BCUT2D eigenvalue weighted by Gasteiger charge is -2.31. The van der Waals surface area contributed by atoms with Crippen molar-refractivity contribution in [1.29, 1.82) is 0 Å². The van der Waals surface area contributed by atoms with Crippen molar-refractivity contribution in [2.45, 2.75) is 32.8 Å². The predicted molar refractivity (Wildman–Crippen MR) is 62.8 cm³/mol. The van der Waals surface area contributed by atoms with Gasteiger partial charge in [-0.15, -0.1) is 0 Å². The normalized spacial score (nSPS) is 24.7. The van der Waals surface area contributed by atoms with E-state index >= 15 is 0 Å². The molecule has 80 valence electrons. The van der Waals surface area contributed by atoms with Crippen molar-refractivity contribution in [3.8, 4) is 0 Å². The van der Waals surface area contributed by atoms with Gasteiger partial charge in [0, 0.05) is 5.92 Å². The minimum atomic E-state index is -0.354. The Bertz CT molecular complexity index is 392. The second-order valence-corrected chi connectivity index (χ2v) is 4.58. The molecule has 0 radical (unpaired) electrons. The third-order valence-corrected chi connectivity index (χ3v) is 3.45. The largest absolute Gasteiger partial charge is 0.388 e. The minimum Gasteiger partial charge on any atom is -0.388 e. The number of benzene rings is 1. The van der Waals surface area contributed by atoms with Crippen LogP contribution in [0.3, 0.4) is 0 Å². The summed E-state index contributed by atoms with van der Waals surface area (Å²) in [5, 5.41) is 10.3. The molecule has 0 heterocycles. The van der Waals surface area contributed by atoms with Gasteiger partial charge in [0.25, 0.3) is 0 Å². The van der Waals surface area contributed by atoms with E-state index in [1.54, 1.807) is 0 Å². The molecule has 1 aromatic rings. The first-order valence-electron chi connectivity index (χ1n) is 5.53. The van der Waals surface area contributed by atoms with Crippen LogP contribution in [0.25, 0.3) is 0 Å². The molecule has 1 aliphatic rings. The first kappa shape index (κ1) is 10.4. The number of fused-ring (bicyclic) bond motifs is 1. The van der Waals surface area contributed by atoms with Crippen molar-refractivity contribution in [2.24, 2.45) is 5.92 Å². The molecule has 0 fully saturated rings. The van der Waals surface area contributed by atoms with Gasteiger partial charge >= 0.3 is 0 Å². The molecule has 0 aliphatic heterocycles. The highest BCUT2D eigenvalue weighted by Crippen LogP contribution is 2.39. The summed E-state index contributed by atoms with van der Waals surface area (Å²) in [6.45, 7) is 8.06. The third-order valence-electron chi connectivity index (χ3n) is 3.45. The molecular weight excluding hydrogens is 184 g/mol. The number of aliphatic hydroxyl groups excluding tert-OH is 1. The average Bonchev–Trinajstić information content (AvgIpc) is 2.17. The van der Waals surface area contributed by atoms with Crippen LogP contribution >= 0.6 is 0 Å². The van der Waals surface area contributed by atoms with Gasteiger partial charge in [-0.05, 0) is 43.4 Å². The molecule has 15 heavy (non-hydrogen) atoms. The summed E-state index contributed by atoms with van der Waals surface area (Å²) in [6, 6.07) is 6.27. The fourth-order valence-electron chi connectivity index (χ4n) is 2.57. The Morgan fingerprint density at radius 1 is 1.47 bits per heavy atom. The summed E-state index contributed by atoms with van der Waals surface area (Å²) in [5.41, 5.74) is 4.74. The highest BCUT2D eigenvalue weighted by atomic mass is 16.3. The van der Waals surface area contributed by atoms with E-state index in [9.17, 15) is 5.11 Å². The van der Waals surface area contributed by atoms with Gasteiger partial charge in [-0.25, -0.2) is 0 Å². The second-order valence-electron chi connectivity index (χ2n) is 4.58. The maximum Gasteiger partial charge on any atom is 0.0860 e. The number of aliphatic hydroxyl groups is 1. The van der Waals surface area contributed by atoms with Crippen LogP contribution in [0.2, 0.25) is 0 Å². The van der Waals surface area contributed by atoms with Gasteiger partial charge in [0.15, 0.2) is 0 Å². The smallest absolute Gasteiger partial charge is 0.0860 e. The Morgan fingerprint density at radius 3 is 2.87 bits per heavy atom. The molecule has 0 saturated carbocycles. The maximum atomic E-state index is 10.3. The van der Waals surface area contributed by atoms with Crippen LogP contribution in [0.5, 0.6) is 0 Å². The monoisotopic (exact) mass is 202 g/mol. The van der Waals surface area contributed by atoms with E-state index in [0.717, 1.165) is 24.0 Å². The van der Waals surface area contributed by atoms with E-state index in [1.165, 1.54) is 11.1 Å². The highest BCUT2D eigenvalue weighted by Gasteiger charge is 2.29. The van der Waals surface area contributed by atoms with Gasteiger partial charge in [0.2, 0.25) is 0 Å². The Kier molecular flexibility index (Phi) is 2.66. The molecule has 0 saturated heterocycles. The average molecular weight is 202 g/mol. The Hall–Kier alpha value is -1.08. The number of rotatable bonds is 1. The molecule has 1 aromatic carbocycles. The summed E-state index contributed by atoms with van der Waals surface area (Å²) < 4.78 is 0. The van der Waals surface area contributed by atoms with E-state index in [0.29, 0.717) is 0 Å². The first-order valence-corrected chi connectivity index (χ1v) is 5.53. The first-order chi connectivity index (χ1) is 7.11. The van der Waals surface area contributed by atoms with Crippen LogP contribution < -0.4 is 0 Å². The Morgan fingerprint density at radius 2 is 2.20 bits per heavy atom. The molecular formula is C14H18O. The third kappa shape index (κ3) is 1.72. The standard InChI is InChI=1S/C14H18O/c1-9(2)12-8-7-11-6-4-5-10(3)13(11)14(12)15/h4-6,12,14-15H,1,7-8H2,2-3H3. The summed E-state index contributed by atoms with van der Waals surface area (Å²) in [5.74, 6) is 0.235. The van der Waals surface area contributed by atoms with Crippen molar-refractivity contribution in [1.82, 2.24) is 0 Å². The quantitative estimate of drug-likeness (QED) is 0.693. The molecule has 1 N–H and O–H groups in total. The van der Waals surface area contributed by atoms with Crippen molar-refractivity contribution in [3.05, 3.63) is 47.0 Å². The molecule has 2 rings (SSSR count). The van der Waals surface area contributed by atoms with Gasteiger partial charge < -0.3 is 5.11 Å². The van der Waals surface area contributed by atoms with Crippen LogP contribution in [0.1, 0.15) is 36.1 Å². The zero-order valence-corrected chi connectivity index (χ0v) is 9.46. The maximum absolute atomic E-state index is 10.3. The van der Waals surface area contributed by atoms with Gasteiger partial charge in [0.05, 0.1) is 6.10 Å². The van der Waals surface area contributed by atoms with E-state index in [4.69, 9.17) is 0 Å². The van der Waals surface area contributed by atoms with Crippen LogP contribution in [0, 0.1) is 12.8 Å². The lowest BCUT2D eigenvalue weighted by atomic mass is 9.77. The molecule has 0 amide bonds. The molecule has 1 aliphatic carbocycles. The van der Waals surface area contributed by atoms with Crippen LogP contribution in [0.15, 0.2) is 30.4 Å². The fraction of sp³-hybridized carbons (Fsp3) is 0.429. The van der Waals surface area contributed by atoms with Crippen molar-refractivity contribution >= 4 is 0 Å². The van der Waals surface area contributed by atoms with E-state index < -0.39 is 0 Å². The van der Waals surface area contributed by atoms with Gasteiger partial charge in [0.1, 0.15) is 0 Å². The summed E-state index contributed by atoms with van der Waals surface area (Å²) in [6.07, 6.45) is 1.73. The van der Waals surface area contributed by atoms with Crippen molar-refractivity contribution < 1.29 is 5.11 Å². The van der Waals surface area contributed by atoms with Crippen LogP contribution in [0.4, 0.5) is 0 Å². The molecule has 1 nitrogen and oxygen atoms in total. The lowest BCUT2D eigenvalue weighted by molar-refractivity contribution is 0.112. The number of hydrogen-bond acceptors (Lipinski definition) is 1. The van der Waals surface area contributed by atoms with Crippen molar-refractivity contribution in [3.63, 3.8) is 0 Å². The van der Waals surface area contributed by atoms with Crippen molar-refractivity contribution in [2.75, 3.05) is 0 Å². The molecule has 0 aromatic heterocycles. The van der Waals surface area contributed by atoms with E-state index in [-0.39, 0.29) is 12.0 Å². The molecule has 0 spiro atoms. The summed E-state index contributed by atoms with van der Waals surface area (Å²) in [7, 11) is 0. The summed E-state index contributed by atoms with van der Waals surface area (Å²) >= 11 is 0. The minimum absolute atomic E-state index is 0.235. The second kappa shape index (κ2) is 3.82. The predicted octanol–water partition coefficient (Wildman–Crippen LogP) is 3.17. The van der Waals surface area contributed by atoms with Gasteiger partial charge in [-0.2, -0.15) is 0 Å². The number of hydrogen-bond donors (Lipinski definition) is 1. The molecule has 1 heteroatoms. The Balaban J connectivity index is 2.45. The molecule has 2 atom stereocenters. The van der Waals surface area contributed by atoms with Gasteiger partial charge in [-0.3, -0.25) is 0 Å². The fourth-order valence-corrected chi connectivity index (χ4v) is 2.57. The number of aryl methyl sites for hydroxylation is 2. The lowest BCUT2D eigenvalue weighted by Crippen LogP contribution is -2.22. The highest BCUT2D eigenvalue weighted by molar-refractivity contribution is 5.39. The van der Waals surface area contributed by atoms with E-state index in [2.05, 4.69) is 31.7 Å². The SMILES string of the molecule is C=C(C)C1CCc2cccc(C)c2C1O. The van der Waals surface area contributed by atoms with Gasteiger partial charge in [-0.1, -0.05) is 30.4 Å². The Labute approximate surface area is 91.4 Å². The van der Waals surface area contributed by atoms with Crippen LogP contribution in [-0.2, 0) is 6.42 Å². The zero-order chi connectivity index (χ0) is 11.0. The molecule has 0 bridgehead atoms.